The number of carbonyl (C=O) groups is 2. The van der Waals surface area contributed by atoms with Crippen molar-refractivity contribution in [1.82, 2.24) is 0 Å². The van der Waals surface area contributed by atoms with E-state index in [0.29, 0.717) is 13.2 Å². The summed E-state index contributed by atoms with van der Waals surface area (Å²) in [5.74, 6) is -1.77. The molecule has 0 aliphatic heterocycles. The van der Waals surface area contributed by atoms with Gasteiger partial charge in [0.25, 0.3) is 17.3 Å². The maximum Gasteiger partial charge on any atom is 0.339 e. The number of amides is 1. The Balaban J connectivity index is 2.10. The number of rotatable bonds is 10. The van der Waals surface area contributed by atoms with Crippen LogP contribution >= 0.6 is 11.6 Å². The van der Waals surface area contributed by atoms with E-state index in [4.69, 9.17) is 21.1 Å². The zero-order chi connectivity index (χ0) is 23.8. The third kappa shape index (κ3) is 6.36. The van der Waals surface area contributed by atoms with Crippen molar-refractivity contribution in [3.05, 3.63) is 67.2 Å². The second kappa shape index (κ2) is 11.0. The second-order valence-corrected chi connectivity index (χ2v) is 6.77. The Morgan fingerprint density at radius 2 is 1.81 bits per heavy atom. The van der Waals surface area contributed by atoms with Crippen molar-refractivity contribution in [3.8, 4) is 0 Å². The molecule has 2 aromatic carbocycles. The third-order valence-electron chi connectivity index (χ3n) is 4.12. The quantitative estimate of drug-likeness (QED) is 0.231. The van der Waals surface area contributed by atoms with Gasteiger partial charge in [0.2, 0.25) is 0 Å². The molecule has 0 aliphatic rings. The normalized spacial score (nSPS) is 11.3. The van der Waals surface area contributed by atoms with Crippen molar-refractivity contribution < 1.29 is 28.9 Å². The molecule has 1 unspecified atom stereocenters. The lowest BCUT2D eigenvalue weighted by molar-refractivity contribution is -0.384. The molecule has 0 spiro atoms. The van der Waals surface area contributed by atoms with E-state index in [0.717, 1.165) is 12.1 Å². The van der Waals surface area contributed by atoms with Gasteiger partial charge in [0.1, 0.15) is 5.69 Å². The number of esters is 1. The highest BCUT2D eigenvalue weighted by Crippen LogP contribution is 2.28. The summed E-state index contributed by atoms with van der Waals surface area (Å²) in [6, 6.07) is 7.16. The number of methoxy groups -OCH3 is 1. The first-order valence-electron chi connectivity index (χ1n) is 9.11. The molecule has 0 fully saturated rings. The van der Waals surface area contributed by atoms with Gasteiger partial charge >= 0.3 is 5.97 Å². The minimum absolute atomic E-state index is 0.0316. The van der Waals surface area contributed by atoms with Crippen molar-refractivity contribution in [2.75, 3.05) is 30.9 Å². The smallest absolute Gasteiger partial charge is 0.339 e. The molecule has 170 valence electrons. The Morgan fingerprint density at radius 3 is 2.44 bits per heavy atom. The van der Waals surface area contributed by atoms with Crippen LogP contribution in [0.2, 0.25) is 5.02 Å². The first-order valence-corrected chi connectivity index (χ1v) is 9.49. The van der Waals surface area contributed by atoms with Crippen molar-refractivity contribution in [2.24, 2.45) is 0 Å². The van der Waals surface area contributed by atoms with E-state index in [1.54, 1.807) is 0 Å². The molecule has 13 heteroatoms. The van der Waals surface area contributed by atoms with Crippen LogP contribution in [0.5, 0.6) is 0 Å². The lowest BCUT2D eigenvalue weighted by atomic mass is 10.1. The molecular formula is C19H19ClN4O8. The molecule has 0 bridgehead atoms. The van der Waals surface area contributed by atoms with Gasteiger partial charge in [0.15, 0.2) is 6.10 Å². The highest BCUT2D eigenvalue weighted by atomic mass is 35.5. The van der Waals surface area contributed by atoms with Gasteiger partial charge in [0, 0.05) is 31.9 Å². The molecule has 0 saturated heterocycles. The van der Waals surface area contributed by atoms with Crippen LogP contribution in [0, 0.1) is 20.2 Å². The SMILES string of the molecule is COCCNc1ccc(C(=O)OC(C)C(=O)Nc2cc([N+](=O)[O-])ccc2Cl)cc1[N+](=O)[O-]. The van der Waals surface area contributed by atoms with Gasteiger partial charge in [0.05, 0.1) is 32.7 Å². The molecule has 2 rings (SSSR count). The molecule has 12 nitrogen and oxygen atoms in total. The maximum absolute atomic E-state index is 12.4. The molecule has 0 radical (unpaired) electrons. The summed E-state index contributed by atoms with van der Waals surface area (Å²) in [5.41, 5.74) is -0.621. The summed E-state index contributed by atoms with van der Waals surface area (Å²) in [7, 11) is 1.49. The number of hydrogen-bond donors (Lipinski definition) is 2. The topological polar surface area (TPSA) is 163 Å². The number of hydrogen-bond acceptors (Lipinski definition) is 9. The number of nitro benzene ring substituents is 2. The molecule has 0 heterocycles. The van der Waals surface area contributed by atoms with E-state index in [2.05, 4.69) is 10.6 Å². The molecule has 32 heavy (non-hydrogen) atoms. The van der Waals surface area contributed by atoms with Crippen molar-refractivity contribution in [1.29, 1.82) is 0 Å². The number of benzene rings is 2. The van der Waals surface area contributed by atoms with Crippen LogP contribution in [0.15, 0.2) is 36.4 Å². The predicted octanol–water partition coefficient (Wildman–Crippen LogP) is 3.40. The Labute approximate surface area is 186 Å². The van der Waals surface area contributed by atoms with E-state index in [1.165, 1.54) is 38.3 Å². The summed E-state index contributed by atoms with van der Waals surface area (Å²) in [4.78, 5) is 45.6. The maximum atomic E-state index is 12.4. The molecule has 0 aliphatic carbocycles. The van der Waals surface area contributed by atoms with E-state index < -0.39 is 27.8 Å². The number of nitro groups is 2. The van der Waals surface area contributed by atoms with Gasteiger partial charge in [-0.1, -0.05) is 11.6 Å². The minimum atomic E-state index is -1.32. The number of halogens is 1. The van der Waals surface area contributed by atoms with E-state index >= 15 is 0 Å². The molecule has 0 saturated carbocycles. The fourth-order valence-corrected chi connectivity index (χ4v) is 2.65. The van der Waals surface area contributed by atoms with E-state index in [1.807, 2.05) is 0 Å². The second-order valence-electron chi connectivity index (χ2n) is 6.37. The fraction of sp³-hybridized carbons (Fsp3) is 0.263. The Bertz CT molecular complexity index is 1050. The number of nitrogens with zero attached hydrogens (tertiary/aromatic N) is 2. The molecule has 2 N–H and O–H groups in total. The first-order chi connectivity index (χ1) is 15.1. The van der Waals surface area contributed by atoms with Gasteiger partial charge in [-0.2, -0.15) is 0 Å². The number of nitrogens with one attached hydrogen (secondary N) is 2. The van der Waals surface area contributed by atoms with E-state index in [-0.39, 0.29) is 33.3 Å². The monoisotopic (exact) mass is 466 g/mol. The minimum Gasteiger partial charge on any atom is -0.449 e. The standard InChI is InChI=1S/C19H19ClN4O8/c1-11(18(25)22-16-10-13(23(27)28)4-5-14(16)20)32-19(26)12-3-6-15(21-7-8-31-2)17(9-12)24(29)30/h3-6,9-11,21H,7-8H2,1-2H3,(H,22,25). The van der Waals surface area contributed by atoms with Gasteiger partial charge in [-0.15, -0.1) is 0 Å². The average Bonchev–Trinajstić information content (AvgIpc) is 2.75. The number of ether oxygens (including phenoxy) is 2. The largest absolute Gasteiger partial charge is 0.449 e. The van der Waals surface area contributed by atoms with Crippen molar-refractivity contribution in [3.63, 3.8) is 0 Å². The van der Waals surface area contributed by atoms with Crippen LogP contribution in [0.25, 0.3) is 0 Å². The third-order valence-corrected chi connectivity index (χ3v) is 4.45. The molecular weight excluding hydrogens is 448 g/mol. The summed E-state index contributed by atoms with van der Waals surface area (Å²) in [6.45, 7) is 1.91. The lowest BCUT2D eigenvalue weighted by Crippen LogP contribution is -2.30. The summed E-state index contributed by atoms with van der Waals surface area (Å²) in [5, 5.41) is 27.4. The van der Waals surface area contributed by atoms with Crippen molar-refractivity contribution in [2.45, 2.75) is 13.0 Å². The van der Waals surface area contributed by atoms with Crippen LogP contribution in [-0.2, 0) is 14.3 Å². The summed E-state index contributed by atoms with van der Waals surface area (Å²) < 4.78 is 9.94. The lowest BCUT2D eigenvalue weighted by Gasteiger charge is -2.14. The summed E-state index contributed by atoms with van der Waals surface area (Å²) >= 11 is 5.94. The molecule has 1 atom stereocenters. The van der Waals surface area contributed by atoms with Crippen LogP contribution in [-0.4, -0.2) is 48.1 Å². The highest BCUT2D eigenvalue weighted by molar-refractivity contribution is 6.33. The van der Waals surface area contributed by atoms with Gasteiger partial charge in [-0.25, -0.2) is 4.79 Å². The van der Waals surface area contributed by atoms with E-state index in [9.17, 15) is 29.8 Å². The van der Waals surface area contributed by atoms with Crippen LogP contribution in [0.1, 0.15) is 17.3 Å². The molecule has 1 amide bonds. The molecule has 2 aromatic rings. The number of carbonyl (C=O) groups excluding carboxylic acids is 2. The predicted molar refractivity (Wildman–Crippen MR) is 115 cm³/mol. The zero-order valence-corrected chi connectivity index (χ0v) is 17.7. The van der Waals surface area contributed by atoms with Crippen LogP contribution in [0.3, 0.4) is 0 Å². The van der Waals surface area contributed by atoms with Gasteiger partial charge in [-0.05, 0) is 25.1 Å². The number of non-ortho nitro benzene ring substituents is 1. The van der Waals surface area contributed by atoms with Crippen LogP contribution < -0.4 is 10.6 Å². The Kier molecular flexibility index (Phi) is 8.44. The first kappa shape index (κ1) is 24.5. The zero-order valence-electron chi connectivity index (χ0n) is 17.0. The van der Waals surface area contributed by atoms with Gasteiger partial charge in [-0.3, -0.25) is 25.0 Å². The van der Waals surface area contributed by atoms with Crippen molar-refractivity contribution >= 4 is 46.2 Å². The van der Waals surface area contributed by atoms with Gasteiger partial charge < -0.3 is 20.1 Å². The highest BCUT2D eigenvalue weighted by Gasteiger charge is 2.23. The van der Waals surface area contributed by atoms with Crippen LogP contribution in [0.4, 0.5) is 22.7 Å². The molecule has 0 aromatic heterocycles. The Morgan fingerprint density at radius 1 is 1.09 bits per heavy atom. The average molecular weight is 467 g/mol. The number of anilines is 2. The summed E-state index contributed by atoms with van der Waals surface area (Å²) in [6.07, 6.45) is -1.32. The Hall–Kier alpha value is -3.77. The fourth-order valence-electron chi connectivity index (χ4n) is 2.49.